The highest BCUT2D eigenvalue weighted by Crippen LogP contribution is 2.31. The minimum absolute atomic E-state index is 0.241. The van der Waals surface area contributed by atoms with Gasteiger partial charge in [-0.05, 0) is 88.9 Å². The van der Waals surface area contributed by atoms with Gasteiger partial charge in [0, 0.05) is 29.6 Å². The van der Waals surface area contributed by atoms with Crippen LogP contribution < -0.4 is 5.73 Å². The number of nitriles is 2. The lowest BCUT2D eigenvalue weighted by atomic mass is 9.83. The second-order valence-corrected chi connectivity index (χ2v) is 10.5. The van der Waals surface area contributed by atoms with E-state index in [1.165, 1.54) is 11.1 Å². The van der Waals surface area contributed by atoms with Gasteiger partial charge in [-0.3, -0.25) is 9.88 Å². The molecule has 39 heavy (non-hydrogen) atoms. The summed E-state index contributed by atoms with van der Waals surface area (Å²) in [7, 11) is 0. The fourth-order valence-corrected chi connectivity index (χ4v) is 5.00. The van der Waals surface area contributed by atoms with Crippen LogP contribution in [0, 0.1) is 29.6 Å². The molecule has 0 aliphatic carbocycles. The zero-order valence-electron chi connectivity index (χ0n) is 24.1. The van der Waals surface area contributed by atoms with Gasteiger partial charge in [0.25, 0.3) is 0 Å². The lowest BCUT2D eigenvalue weighted by molar-refractivity contribution is 0.228. The number of hydrogen-bond acceptors (Lipinski definition) is 6. The van der Waals surface area contributed by atoms with Crippen LogP contribution in [0.1, 0.15) is 81.5 Å². The van der Waals surface area contributed by atoms with Crippen molar-refractivity contribution < 1.29 is 0 Å². The summed E-state index contributed by atoms with van der Waals surface area (Å²) in [6.07, 6.45) is 6.22. The Labute approximate surface area is 233 Å². The Balaban J connectivity index is 0.00000205. The number of anilines is 1. The maximum absolute atomic E-state index is 9.40. The number of benzene rings is 1. The second-order valence-electron chi connectivity index (χ2n) is 10.5. The molecule has 1 saturated heterocycles. The Morgan fingerprint density at radius 3 is 2.36 bits per heavy atom. The van der Waals surface area contributed by atoms with Gasteiger partial charge in [-0.15, -0.1) is 0 Å². The number of likely N-dealkylation sites (tertiary alicyclic amines) is 1. The van der Waals surface area contributed by atoms with Gasteiger partial charge < -0.3 is 5.73 Å². The van der Waals surface area contributed by atoms with E-state index in [1.54, 1.807) is 12.3 Å². The maximum Gasteiger partial charge on any atom is 0.164 e. The Bertz CT molecular complexity index is 1380. The summed E-state index contributed by atoms with van der Waals surface area (Å²) in [6.45, 7) is 15.1. The van der Waals surface area contributed by atoms with Crippen LogP contribution >= 0.6 is 0 Å². The average molecular weight is 521 g/mol. The number of nitrogens with zero attached hydrogens (tertiary/aromatic N) is 5. The topological polar surface area (TPSA) is 103 Å². The first kappa shape index (κ1) is 29.6. The highest BCUT2D eigenvalue weighted by molar-refractivity contribution is 5.76. The molecule has 6 nitrogen and oxygen atoms in total. The molecule has 4 rings (SSSR count). The molecule has 0 unspecified atom stereocenters. The SMILES string of the molecule is C/C(=C\c1c(-c2ccc(N)c(C#N)n2)ccnc1C)CN1CCC(c2ccc(C(C)(C)C#N)cc2)CC1.CC. The number of aromatic nitrogens is 2. The number of aryl methyl sites for hydroxylation is 1. The molecule has 0 spiro atoms. The molecule has 2 aromatic heterocycles. The lowest BCUT2D eigenvalue weighted by Crippen LogP contribution is -2.34. The summed E-state index contributed by atoms with van der Waals surface area (Å²) < 4.78 is 0. The Hall–Kier alpha value is -4.00. The first-order valence-electron chi connectivity index (χ1n) is 13.8. The zero-order valence-corrected chi connectivity index (χ0v) is 24.1. The molecule has 6 heteroatoms. The highest BCUT2D eigenvalue weighted by atomic mass is 15.1. The quantitative estimate of drug-likeness (QED) is 0.375. The van der Waals surface area contributed by atoms with Crippen LogP contribution in [0.4, 0.5) is 5.69 Å². The van der Waals surface area contributed by atoms with E-state index in [4.69, 9.17) is 5.73 Å². The number of hydrogen-bond donors (Lipinski definition) is 1. The molecule has 1 fully saturated rings. The van der Waals surface area contributed by atoms with E-state index in [0.29, 0.717) is 11.6 Å². The average Bonchev–Trinajstić information content (AvgIpc) is 2.96. The van der Waals surface area contributed by atoms with Crippen LogP contribution in [-0.4, -0.2) is 34.5 Å². The predicted molar refractivity (Wildman–Crippen MR) is 160 cm³/mol. The van der Waals surface area contributed by atoms with Crippen LogP contribution in [0.25, 0.3) is 17.3 Å². The van der Waals surface area contributed by atoms with Gasteiger partial charge in [-0.1, -0.05) is 49.8 Å². The van der Waals surface area contributed by atoms with Crippen molar-refractivity contribution in [3.8, 4) is 23.4 Å². The molecule has 1 aromatic carbocycles. The number of nitrogens with two attached hydrogens (primary N) is 1. The van der Waals surface area contributed by atoms with E-state index in [9.17, 15) is 10.5 Å². The maximum atomic E-state index is 9.40. The second kappa shape index (κ2) is 13.2. The van der Waals surface area contributed by atoms with Crippen LogP contribution in [-0.2, 0) is 5.41 Å². The third kappa shape index (κ3) is 7.11. The van der Waals surface area contributed by atoms with Gasteiger partial charge in [-0.25, -0.2) is 4.98 Å². The fraction of sp³-hybridized carbons (Fsp3) is 0.394. The third-order valence-electron chi connectivity index (χ3n) is 7.33. The molecule has 2 N–H and O–H groups in total. The van der Waals surface area contributed by atoms with E-state index < -0.39 is 5.41 Å². The van der Waals surface area contributed by atoms with Crippen molar-refractivity contribution in [3.63, 3.8) is 0 Å². The standard InChI is InChI=1S/C31H34N6.C2H6/c1-21(17-27-22(2)35-14-11-26(27)29-10-9-28(34)30(18-32)36-29)19-37-15-12-24(13-16-37)23-5-7-25(8-6-23)31(3,4)20-33;1-2/h5-11,14,17,24H,12-13,15-16,19,34H2,1-4H3;1-2H3/b21-17+;. The van der Waals surface area contributed by atoms with Gasteiger partial charge in [0.2, 0.25) is 0 Å². The monoisotopic (exact) mass is 520 g/mol. The van der Waals surface area contributed by atoms with E-state index in [1.807, 2.05) is 46.8 Å². The Morgan fingerprint density at radius 2 is 1.74 bits per heavy atom. The molecule has 1 aliphatic rings. The van der Waals surface area contributed by atoms with Crippen molar-refractivity contribution >= 4 is 11.8 Å². The highest BCUT2D eigenvalue weighted by Gasteiger charge is 2.23. The summed E-state index contributed by atoms with van der Waals surface area (Å²) in [4.78, 5) is 11.5. The molecule has 0 amide bonds. The summed E-state index contributed by atoms with van der Waals surface area (Å²) >= 11 is 0. The minimum atomic E-state index is -0.458. The van der Waals surface area contributed by atoms with Gasteiger partial charge in [0.1, 0.15) is 6.07 Å². The zero-order chi connectivity index (χ0) is 28.6. The van der Waals surface area contributed by atoms with Crippen molar-refractivity contribution in [3.05, 3.63) is 82.3 Å². The van der Waals surface area contributed by atoms with Crippen LogP contribution in [0.5, 0.6) is 0 Å². The van der Waals surface area contributed by atoms with Crippen LogP contribution in [0.2, 0.25) is 0 Å². The smallest absolute Gasteiger partial charge is 0.164 e. The number of pyridine rings is 2. The molecule has 3 aromatic rings. The van der Waals surface area contributed by atoms with Crippen molar-refractivity contribution in [1.82, 2.24) is 14.9 Å². The summed E-state index contributed by atoms with van der Waals surface area (Å²) in [5.41, 5.74) is 13.4. The van der Waals surface area contributed by atoms with E-state index in [0.717, 1.165) is 60.6 Å². The molecule has 202 valence electrons. The van der Waals surface area contributed by atoms with E-state index in [-0.39, 0.29) is 5.69 Å². The largest absolute Gasteiger partial charge is 0.396 e. The lowest BCUT2D eigenvalue weighted by Gasteiger charge is -2.32. The molecule has 1 aliphatic heterocycles. The molecule has 0 saturated carbocycles. The summed E-state index contributed by atoms with van der Waals surface area (Å²) in [6, 6.07) is 18.6. The van der Waals surface area contributed by atoms with Crippen molar-refractivity contribution in [2.75, 3.05) is 25.4 Å². The van der Waals surface area contributed by atoms with Gasteiger partial charge >= 0.3 is 0 Å². The molecule has 0 atom stereocenters. The molecule has 0 bridgehead atoms. The van der Waals surface area contributed by atoms with Gasteiger partial charge in [-0.2, -0.15) is 10.5 Å². The Morgan fingerprint density at radius 1 is 1.08 bits per heavy atom. The molecular weight excluding hydrogens is 480 g/mol. The number of piperidine rings is 1. The Kier molecular flexibility index (Phi) is 9.99. The van der Waals surface area contributed by atoms with Crippen molar-refractivity contribution in [2.24, 2.45) is 0 Å². The molecule has 0 radical (unpaired) electrons. The fourth-order valence-electron chi connectivity index (χ4n) is 5.00. The number of rotatable bonds is 6. The molecular formula is C33H40N6. The normalized spacial score (nSPS) is 14.6. The van der Waals surface area contributed by atoms with Crippen LogP contribution in [0.3, 0.4) is 0 Å². The van der Waals surface area contributed by atoms with Gasteiger partial charge in [0.15, 0.2) is 5.69 Å². The summed E-state index contributed by atoms with van der Waals surface area (Å²) in [5, 5.41) is 18.7. The van der Waals surface area contributed by atoms with Gasteiger partial charge in [0.05, 0.1) is 22.9 Å². The third-order valence-corrected chi connectivity index (χ3v) is 7.33. The minimum Gasteiger partial charge on any atom is -0.396 e. The first-order chi connectivity index (χ1) is 18.7. The predicted octanol–water partition coefficient (Wildman–Crippen LogP) is 7.02. The van der Waals surface area contributed by atoms with Crippen LogP contribution in [0.15, 0.2) is 54.2 Å². The van der Waals surface area contributed by atoms with E-state index in [2.05, 4.69) is 64.3 Å². The van der Waals surface area contributed by atoms with Crippen molar-refractivity contribution in [2.45, 2.75) is 65.7 Å². The summed E-state index contributed by atoms with van der Waals surface area (Å²) in [5.74, 6) is 0.554. The first-order valence-corrected chi connectivity index (χ1v) is 13.8. The van der Waals surface area contributed by atoms with E-state index >= 15 is 0 Å². The number of nitrogen functional groups attached to an aromatic ring is 1. The molecule has 3 heterocycles. The van der Waals surface area contributed by atoms with Crippen molar-refractivity contribution in [1.29, 1.82) is 10.5 Å².